The van der Waals surface area contributed by atoms with E-state index >= 15 is 0 Å². The van der Waals surface area contributed by atoms with Gasteiger partial charge in [0.25, 0.3) is 0 Å². The van der Waals surface area contributed by atoms with E-state index in [1.54, 1.807) is 13.1 Å². The number of aliphatic carboxylic acids is 1. The van der Waals surface area contributed by atoms with E-state index < -0.39 is 12.1 Å². The first-order valence-corrected chi connectivity index (χ1v) is 11.9. The highest BCUT2D eigenvalue weighted by atomic mass is 16.6. The molecular weight excluding hydrogens is 442 g/mol. The Morgan fingerprint density at radius 3 is 2.26 bits per heavy atom. The SMILES string of the molecule is CN(C(=O)OCC1c2ccccc2-c2ccccc21)c1cc(CC(=O)O)cc(N2CCNCC2)c1. The van der Waals surface area contributed by atoms with Crippen LogP contribution in [0.1, 0.15) is 22.6 Å². The molecule has 1 fully saturated rings. The van der Waals surface area contributed by atoms with E-state index in [0.29, 0.717) is 11.3 Å². The van der Waals surface area contributed by atoms with Crippen LogP contribution in [0.4, 0.5) is 16.2 Å². The van der Waals surface area contributed by atoms with Crippen molar-refractivity contribution in [3.8, 4) is 11.1 Å². The zero-order chi connectivity index (χ0) is 24.4. The normalized spacial score (nSPS) is 14.8. The molecule has 35 heavy (non-hydrogen) atoms. The number of amides is 1. The highest BCUT2D eigenvalue weighted by molar-refractivity contribution is 5.88. The van der Waals surface area contributed by atoms with Crippen LogP contribution in [0.25, 0.3) is 11.1 Å². The van der Waals surface area contributed by atoms with Crippen molar-refractivity contribution in [1.82, 2.24) is 5.32 Å². The van der Waals surface area contributed by atoms with Crippen molar-refractivity contribution in [2.45, 2.75) is 12.3 Å². The van der Waals surface area contributed by atoms with Crippen LogP contribution in [-0.2, 0) is 16.0 Å². The topological polar surface area (TPSA) is 82.1 Å². The molecule has 0 aromatic heterocycles. The van der Waals surface area contributed by atoms with E-state index in [0.717, 1.165) is 43.0 Å². The second-order valence-corrected chi connectivity index (χ2v) is 9.03. The Morgan fingerprint density at radius 1 is 1.00 bits per heavy atom. The lowest BCUT2D eigenvalue weighted by Gasteiger charge is -2.31. The fourth-order valence-electron chi connectivity index (χ4n) is 5.03. The summed E-state index contributed by atoms with van der Waals surface area (Å²) in [5.41, 5.74) is 6.87. The fourth-order valence-corrected chi connectivity index (χ4v) is 5.03. The van der Waals surface area contributed by atoms with Crippen molar-refractivity contribution in [2.24, 2.45) is 0 Å². The van der Waals surface area contributed by atoms with Gasteiger partial charge in [0.2, 0.25) is 0 Å². The third-order valence-corrected chi connectivity index (χ3v) is 6.80. The first-order valence-electron chi connectivity index (χ1n) is 11.9. The summed E-state index contributed by atoms with van der Waals surface area (Å²) < 4.78 is 5.81. The van der Waals surface area contributed by atoms with Crippen LogP contribution in [0.2, 0.25) is 0 Å². The summed E-state index contributed by atoms with van der Waals surface area (Å²) in [5.74, 6) is -0.924. The lowest BCUT2D eigenvalue weighted by molar-refractivity contribution is -0.136. The minimum atomic E-state index is -0.905. The van der Waals surface area contributed by atoms with Crippen molar-refractivity contribution in [3.63, 3.8) is 0 Å². The van der Waals surface area contributed by atoms with Crippen LogP contribution in [0.5, 0.6) is 0 Å². The molecule has 0 unspecified atom stereocenters. The first kappa shape index (κ1) is 22.9. The van der Waals surface area contributed by atoms with Gasteiger partial charge in [0.15, 0.2) is 0 Å². The van der Waals surface area contributed by atoms with Crippen LogP contribution in [0.15, 0.2) is 66.7 Å². The molecule has 3 aromatic rings. The van der Waals surface area contributed by atoms with Gasteiger partial charge < -0.3 is 20.1 Å². The Morgan fingerprint density at radius 2 is 1.63 bits per heavy atom. The van der Waals surface area contributed by atoms with E-state index in [1.165, 1.54) is 16.0 Å². The Labute approximate surface area is 204 Å². The van der Waals surface area contributed by atoms with Gasteiger partial charge in [-0.2, -0.15) is 0 Å². The van der Waals surface area contributed by atoms with Gasteiger partial charge in [0.1, 0.15) is 6.61 Å². The number of hydrogen-bond acceptors (Lipinski definition) is 5. The predicted octanol–water partition coefficient (Wildman–Crippen LogP) is 4.11. The number of carbonyl (C=O) groups excluding carboxylic acids is 1. The lowest BCUT2D eigenvalue weighted by Crippen LogP contribution is -2.43. The Kier molecular flexibility index (Phi) is 6.42. The van der Waals surface area contributed by atoms with Crippen molar-refractivity contribution in [2.75, 3.05) is 49.6 Å². The molecule has 1 saturated heterocycles. The molecule has 0 radical (unpaired) electrons. The fraction of sp³-hybridized carbons (Fsp3) is 0.286. The number of carboxylic acids is 1. The Hall–Kier alpha value is -3.84. The second-order valence-electron chi connectivity index (χ2n) is 9.03. The number of hydrogen-bond donors (Lipinski definition) is 2. The summed E-state index contributed by atoms with van der Waals surface area (Å²) in [4.78, 5) is 28.2. The number of piperazine rings is 1. The van der Waals surface area contributed by atoms with Crippen molar-refractivity contribution >= 4 is 23.4 Å². The molecule has 0 bridgehead atoms. The Bertz CT molecular complexity index is 1210. The maximum atomic E-state index is 13.1. The second kappa shape index (κ2) is 9.80. The number of nitrogens with zero attached hydrogens (tertiary/aromatic N) is 2. The van der Waals surface area contributed by atoms with E-state index in [4.69, 9.17) is 4.74 Å². The zero-order valence-electron chi connectivity index (χ0n) is 19.7. The minimum absolute atomic E-state index is 0.0190. The molecule has 0 atom stereocenters. The number of rotatable bonds is 6. The van der Waals surface area contributed by atoms with Crippen molar-refractivity contribution < 1.29 is 19.4 Å². The minimum Gasteiger partial charge on any atom is -0.481 e. The van der Waals surface area contributed by atoms with E-state index in [9.17, 15) is 14.7 Å². The van der Waals surface area contributed by atoms with Crippen LogP contribution >= 0.6 is 0 Å². The van der Waals surface area contributed by atoms with Crippen molar-refractivity contribution in [1.29, 1.82) is 0 Å². The van der Waals surface area contributed by atoms with E-state index in [-0.39, 0.29) is 18.9 Å². The number of benzene rings is 3. The van der Waals surface area contributed by atoms with Crippen LogP contribution in [-0.4, -0.2) is 57.0 Å². The zero-order valence-corrected chi connectivity index (χ0v) is 19.7. The maximum absolute atomic E-state index is 13.1. The van der Waals surface area contributed by atoms with Crippen molar-refractivity contribution in [3.05, 3.63) is 83.4 Å². The van der Waals surface area contributed by atoms with Crippen LogP contribution in [0.3, 0.4) is 0 Å². The average molecular weight is 472 g/mol. The van der Waals surface area contributed by atoms with Gasteiger partial charge in [0, 0.05) is 50.5 Å². The molecule has 1 aliphatic heterocycles. The van der Waals surface area contributed by atoms with Gasteiger partial charge in [0.05, 0.1) is 6.42 Å². The van der Waals surface area contributed by atoms with Gasteiger partial charge in [-0.3, -0.25) is 9.69 Å². The Balaban J connectivity index is 1.35. The quantitative estimate of drug-likeness (QED) is 0.563. The molecule has 0 spiro atoms. The number of ether oxygens (including phenoxy) is 1. The monoisotopic (exact) mass is 471 g/mol. The van der Waals surface area contributed by atoms with Gasteiger partial charge in [-0.05, 0) is 46.0 Å². The summed E-state index contributed by atoms with van der Waals surface area (Å²) in [5, 5.41) is 12.7. The number of carbonyl (C=O) groups is 2. The molecule has 2 N–H and O–H groups in total. The standard InChI is InChI=1S/C28H29N3O4/c1-30(20-14-19(16-27(32)33)15-21(17-20)31-12-10-29-11-13-31)28(34)35-18-26-24-8-4-2-6-22(24)23-7-3-5-9-25(23)26/h2-9,14-15,17,26,29H,10-13,16,18H2,1H3,(H,32,33). The molecule has 1 aliphatic carbocycles. The molecule has 2 aliphatic rings. The lowest BCUT2D eigenvalue weighted by atomic mass is 9.98. The summed E-state index contributed by atoms with van der Waals surface area (Å²) in [6.07, 6.45) is -0.573. The third kappa shape index (κ3) is 4.72. The summed E-state index contributed by atoms with van der Waals surface area (Å²) >= 11 is 0. The highest BCUT2D eigenvalue weighted by Crippen LogP contribution is 2.44. The van der Waals surface area contributed by atoms with Gasteiger partial charge in [-0.25, -0.2) is 4.79 Å². The van der Waals surface area contributed by atoms with E-state index in [2.05, 4.69) is 34.5 Å². The molecule has 7 heteroatoms. The maximum Gasteiger partial charge on any atom is 0.414 e. The average Bonchev–Trinajstić information content (AvgIpc) is 3.20. The number of nitrogens with one attached hydrogen (secondary N) is 1. The highest BCUT2D eigenvalue weighted by Gasteiger charge is 2.29. The van der Waals surface area contributed by atoms with Crippen LogP contribution in [0, 0.1) is 0 Å². The number of fused-ring (bicyclic) bond motifs is 3. The molecular formula is C28H29N3O4. The molecule has 0 saturated carbocycles. The van der Waals surface area contributed by atoms with E-state index in [1.807, 2.05) is 36.4 Å². The third-order valence-electron chi connectivity index (χ3n) is 6.80. The first-order chi connectivity index (χ1) is 17.0. The predicted molar refractivity (Wildman–Crippen MR) is 136 cm³/mol. The summed E-state index contributed by atoms with van der Waals surface area (Å²) in [6.45, 7) is 3.60. The molecule has 7 nitrogen and oxygen atoms in total. The molecule has 3 aromatic carbocycles. The van der Waals surface area contributed by atoms with Crippen LogP contribution < -0.4 is 15.1 Å². The molecule has 180 valence electrons. The van der Waals surface area contributed by atoms with Gasteiger partial charge >= 0.3 is 12.1 Å². The van der Waals surface area contributed by atoms with Gasteiger partial charge in [-0.1, -0.05) is 48.5 Å². The molecule has 1 amide bonds. The number of carboxylic acid groups (broad SMARTS) is 1. The largest absolute Gasteiger partial charge is 0.481 e. The molecule has 1 heterocycles. The smallest absolute Gasteiger partial charge is 0.414 e. The number of anilines is 2. The summed E-state index contributed by atoms with van der Waals surface area (Å²) in [7, 11) is 1.67. The molecule has 5 rings (SSSR count). The summed E-state index contributed by atoms with van der Waals surface area (Å²) in [6, 6.07) is 22.0. The van der Waals surface area contributed by atoms with Gasteiger partial charge in [-0.15, -0.1) is 0 Å².